The maximum absolute atomic E-state index is 12.7. The Kier molecular flexibility index (Phi) is 4.61. The molecule has 0 atom stereocenters. The predicted octanol–water partition coefficient (Wildman–Crippen LogP) is 5.98. The fraction of sp³-hybridized carbons (Fsp3) is 0.0833. The normalized spacial score (nSPS) is 13.3. The van der Waals surface area contributed by atoms with E-state index in [1.807, 2.05) is 36.4 Å². The highest BCUT2D eigenvalue weighted by atomic mass is 35.5. The van der Waals surface area contributed by atoms with Crippen molar-refractivity contribution in [2.24, 2.45) is 0 Å². The van der Waals surface area contributed by atoms with E-state index in [1.54, 1.807) is 30.3 Å². The molecule has 4 aromatic rings. The molecule has 0 radical (unpaired) electrons. The number of halogens is 2. The van der Waals surface area contributed by atoms with Crippen LogP contribution in [0.5, 0.6) is 0 Å². The maximum Gasteiger partial charge on any atom is 0.261 e. The summed E-state index contributed by atoms with van der Waals surface area (Å²) in [4.78, 5) is 30.2. The Hall–Kier alpha value is -3.08. The zero-order valence-electron chi connectivity index (χ0n) is 15.8. The quantitative estimate of drug-likeness (QED) is 0.401. The third-order valence-corrected chi connectivity index (χ3v) is 5.86. The van der Waals surface area contributed by atoms with Gasteiger partial charge in [-0.3, -0.25) is 14.5 Å². The van der Waals surface area contributed by atoms with E-state index in [2.05, 4.69) is 4.98 Å². The number of amides is 2. The van der Waals surface area contributed by atoms with Crippen molar-refractivity contribution in [3.8, 4) is 11.3 Å². The molecule has 0 unspecified atom stereocenters. The first kappa shape index (κ1) is 18.9. The van der Waals surface area contributed by atoms with Crippen LogP contribution in [0.4, 0.5) is 0 Å². The van der Waals surface area contributed by atoms with Crippen LogP contribution in [0, 0.1) is 0 Å². The van der Waals surface area contributed by atoms with E-state index < -0.39 is 0 Å². The second-order valence-electron chi connectivity index (χ2n) is 7.24. The summed E-state index contributed by atoms with van der Waals surface area (Å²) < 4.78 is 0. The molecule has 2 heterocycles. The van der Waals surface area contributed by atoms with Crippen LogP contribution >= 0.6 is 23.2 Å². The lowest BCUT2D eigenvalue weighted by Crippen LogP contribution is -2.31. The number of nitrogens with zero attached hydrogens (tertiary/aromatic N) is 1. The van der Waals surface area contributed by atoms with E-state index in [0.29, 0.717) is 27.6 Å². The third-order valence-electron chi connectivity index (χ3n) is 5.43. The van der Waals surface area contributed by atoms with Crippen LogP contribution in [-0.2, 0) is 6.42 Å². The summed E-state index contributed by atoms with van der Waals surface area (Å²) >= 11 is 12.5. The van der Waals surface area contributed by atoms with Gasteiger partial charge < -0.3 is 4.98 Å². The number of benzene rings is 3. The molecule has 0 spiro atoms. The topological polar surface area (TPSA) is 53.2 Å². The average molecular weight is 435 g/mol. The highest BCUT2D eigenvalue weighted by Crippen LogP contribution is 2.34. The van der Waals surface area contributed by atoms with Gasteiger partial charge in [0.25, 0.3) is 11.8 Å². The van der Waals surface area contributed by atoms with Gasteiger partial charge in [-0.1, -0.05) is 53.5 Å². The summed E-state index contributed by atoms with van der Waals surface area (Å²) in [7, 11) is 0. The number of para-hydroxylation sites is 1. The van der Waals surface area contributed by atoms with Crippen LogP contribution in [0.25, 0.3) is 22.2 Å². The van der Waals surface area contributed by atoms with Gasteiger partial charge in [0.2, 0.25) is 0 Å². The molecule has 0 saturated heterocycles. The van der Waals surface area contributed by atoms with Crippen LogP contribution in [0.3, 0.4) is 0 Å². The van der Waals surface area contributed by atoms with E-state index in [1.165, 1.54) is 4.90 Å². The molecule has 4 nitrogen and oxygen atoms in total. The van der Waals surface area contributed by atoms with Gasteiger partial charge in [0.15, 0.2) is 0 Å². The van der Waals surface area contributed by atoms with Crippen LogP contribution < -0.4 is 0 Å². The van der Waals surface area contributed by atoms with Gasteiger partial charge in [-0.2, -0.15) is 0 Å². The molecule has 5 rings (SSSR count). The molecule has 2 amide bonds. The predicted molar refractivity (Wildman–Crippen MR) is 119 cm³/mol. The maximum atomic E-state index is 12.7. The van der Waals surface area contributed by atoms with Crippen LogP contribution in [-0.4, -0.2) is 28.2 Å². The van der Waals surface area contributed by atoms with Gasteiger partial charge in [-0.25, -0.2) is 0 Å². The van der Waals surface area contributed by atoms with Gasteiger partial charge in [0.1, 0.15) is 0 Å². The first-order valence-corrected chi connectivity index (χ1v) is 10.3. The molecule has 148 valence electrons. The Morgan fingerprint density at radius 1 is 0.800 bits per heavy atom. The molecule has 6 heteroatoms. The molecule has 1 N–H and O–H groups in total. The summed E-state index contributed by atoms with van der Waals surface area (Å²) in [6, 6.07) is 20.3. The number of rotatable bonds is 4. The second kappa shape index (κ2) is 7.31. The van der Waals surface area contributed by atoms with Gasteiger partial charge in [-0.05, 0) is 48.4 Å². The Morgan fingerprint density at radius 3 is 2.07 bits per heavy atom. The minimum atomic E-state index is -0.247. The monoisotopic (exact) mass is 434 g/mol. The van der Waals surface area contributed by atoms with Crippen molar-refractivity contribution in [3.63, 3.8) is 0 Å². The molecule has 3 aromatic carbocycles. The van der Waals surface area contributed by atoms with Gasteiger partial charge >= 0.3 is 0 Å². The molecule has 0 fully saturated rings. The number of imide groups is 1. The smallest absolute Gasteiger partial charge is 0.261 e. The molecule has 0 bridgehead atoms. The first-order chi connectivity index (χ1) is 14.5. The number of H-pyrrole nitrogens is 1. The summed E-state index contributed by atoms with van der Waals surface area (Å²) in [6.07, 6.45) is 0.509. The minimum Gasteiger partial charge on any atom is -0.354 e. The molecular weight excluding hydrogens is 419 g/mol. The Balaban J connectivity index is 1.53. The lowest BCUT2D eigenvalue weighted by atomic mass is 10.0. The number of aromatic nitrogens is 1. The van der Waals surface area contributed by atoms with E-state index in [-0.39, 0.29) is 18.4 Å². The van der Waals surface area contributed by atoms with Crippen molar-refractivity contribution < 1.29 is 9.59 Å². The van der Waals surface area contributed by atoms with Gasteiger partial charge in [0, 0.05) is 38.8 Å². The molecule has 0 saturated carbocycles. The minimum absolute atomic E-state index is 0.247. The number of nitrogens with one attached hydrogen (secondary N) is 1. The number of hydrogen-bond acceptors (Lipinski definition) is 2. The van der Waals surface area contributed by atoms with Crippen molar-refractivity contribution in [1.82, 2.24) is 9.88 Å². The van der Waals surface area contributed by atoms with E-state index in [9.17, 15) is 9.59 Å². The molecular formula is C24H16Cl2N2O2. The summed E-state index contributed by atoms with van der Waals surface area (Å²) in [6.45, 7) is 0.287. The molecule has 1 aliphatic heterocycles. The second-order valence-corrected chi connectivity index (χ2v) is 8.11. The van der Waals surface area contributed by atoms with Crippen LogP contribution in [0.15, 0.2) is 66.7 Å². The van der Waals surface area contributed by atoms with Crippen molar-refractivity contribution >= 4 is 45.9 Å². The Morgan fingerprint density at radius 2 is 1.40 bits per heavy atom. The van der Waals surface area contributed by atoms with Gasteiger partial charge in [0.05, 0.1) is 11.1 Å². The number of aromatic amines is 1. The summed E-state index contributed by atoms with van der Waals surface area (Å²) in [5, 5.41) is 2.13. The van der Waals surface area contributed by atoms with Crippen molar-refractivity contribution in [3.05, 3.63) is 93.5 Å². The molecule has 30 heavy (non-hydrogen) atoms. The molecule has 1 aromatic heterocycles. The van der Waals surface area contributed by atoms with Gasteiger partial charge in [-0.15, -0.1) is 0 Å². The first-order valence-electron chi connectivity index (χ1n) is 9.54. The molecule has 1 aliphatic rings. The van der Waals surface area contributed by atoms with Crippen LogP contribution in [0.2, 0.25) is 10.0 Å². The fourth-order valence-corrected chi connectivity index (χ4v) is 4.60. The average Bonchev–Trinajstić information content (AvgIpc) is 3.22. The van der Waals surface area contributed by atoms with Crippen molar-refractivity contribution in [2.45, 2.75) is 6.42 Å². The standard InChI is InChI=1S/C24H16Cl2N2O2/c25-15-11-14(12-16(26)13-15)22-18(17-5-3-4-8-21(17)27-22)9-10-28-23(29)19-6-1-2-7-20(19)24(28)30/h1-8,11-13,27H,9-10H2. The lowest BCUT2D eigenvalue weighted by molar-refractivity contribution is 0.0656. The van der Waals surface area contributed by atoms with E-state index in [0.717, 1.165) is 27.7 Å². The van der Waals surface area contributed by atoms with Crippen LogP contribution in [0.1, 0.15) is 26.3 Å². The highest BCUT2D eigenvalue weighted by molar-refractivity contribution is 6.35. The Labute approximate surface area is 183 Å². The fourth-order valence-electron chi connectivity index (χ4n) is 4.07. The lowest BCUT2D eigenvalue weighted by Gasteiger charge is -2.14. The highest BCUT2D eigenvalue weighted by Gasteiger charge is 2.34. The summed E-state index contributed by atoms with van der Waals surface area (Å²) in [5.41, 5.74) is 4.66. The SMILES string of the molecule is O=C1c2ccccc2C(=O)N1CCc1c(-c2cc(Cl)cc(Cl)c2)[nH]c2ccccc12. The van der Waals surface area contributed by atoms with Crippen molar-refractivity contribution in [1.29, 1.82) is 0 Å². The molecule has 0 aliphatic carbocycles. The van der Waals surface area contributed by atoms with E-state index >= 15 is 0 Å². The number of hydrogen-bond donors (Lipinski definition) is 1. The van der Waals surface area contributed by atoms with Crippen molar-refractivity contribution in [2.75, 3.05) is 6.54 Å². The third kappa shape index (κ3) is 3.09. The number of carbonyl (C=O) groups excluding carboxylic acids is 2. The van der Waals surface area contributed by atoms with E-state index in [4.69, 9.17) is 23.2 Å². The Bertz CT molecular complexity index is 1270. The zero-order valence-corrected chi connectivity index (χ0v) is 17.3. The summed E-state index contributed by atoms with van der Waals surface area (Å²) in [5.74, 6) is -0.495. The zero-order chi connectivity index (χ0) is 20.8. The largest absolute Gasteiger partial charge is 0.354 e. The number of carbonyl (C=O) groups is 2. The number of fused-ring (bicyclic) bond motifs is 2.